The smallest absolute Gasteiger partial charge is 0.281 e. The predicted molar refractivity (Wildman–Crippen MR) is 151 cm³/mol. The van der Waals surface area contributed by atoms with Crippen LogP contribution in [0.15, 0.2) is 59.2 Å². The van der Waals surface area contributed by atoms with Gasteiger partial charge in [0.2, 0.25) is 0 Å². The third kappa shape index (κ3) is 6.88. The number of rotatable bonds is 7. The predicted octanol–water partition coefficient (Wildman–Crippen LogP) is 3.80. The van der Waals surface area contributed by atoms with Crippen molar-refractivity contribution in [1.82, 2.24) is 14.4 Å². The van der Waals surface area contributed by atoms with Crippen LogP contribution in [0.2, 0.25) is 0 Å². The van der Waals surface area contributed by atoms with Gasteiger partial charge in [-0.2, -0.15) is 0 Å². The first-order chi connectivity index (χ1) is 18.9. The highest BCUT2D eigenvalue weighted by atomic mass is 19.3. The number of aromatic nitrogens is 1. The molecule has 1 saturated carbocycles. The van der Waals surface area contributed by atoms with Gasteiger partial charge in [-0.05, 0) is 67.1 Å². The Hall–Kier alpha value is -3.61. The molecule has 0 amide bonds. The number of hydrogen-bond donors (Lipinski definition) is 3. The van der Waals surface area contributed by atoms with Crippen molar-refractivity contribution in [2.75, 3.05) is 51.6 Å². The van der Waals surface area contributed by atoms with Gasteiger partial charge < -0.3 is 10.2 Å². The fraction of sp³-hybridized carbons (Fsp3) is 0.433. The van der Waals surface area contributed by atoms with Crippen LogP contribution in [0.3, 0.4) is 0 Å². The summed E-state index contributed by atoms with van der Waals surface area (Å²) in [6, 6.07) is 11.5. The van der Waals surface area contributed by atoms with Crippen LogP contribution in [0.5, 0.6) is 0 Å². The van der Waals surface area contributed by atoms with E-state index in [0.717, 1.165) is 38.4 Å². The van der Waals surface area contributed by atoms with Gasteiger partial charge in [-0.25, -0.2) is 8.78 Å². The Labute approximate surface area is 228 Å². The van der Waals surface area contributed by atoms with Gasteiger partial charge >= 0.3 is 0 Å². The van der Waals surface area contributed by atoms with Crippen LogP contribution in [0.4, 0.5) is 14.5 Å². The number of hydrogen-bond acceptors (Lipinski definition) is 6. The first-order valence-corrected chi connectivity index (χ1v) is 13.5. The molecule has 3 N–H and O–H groups in total. The van der Waals surface area contributed by atoms with Gasteiger partial charge in [-0.3, -0.25) is 25.3 Å². The molecule has 1 aromatic heterocycles. The molecular formula is C30H35F2N7. The van der Waals surface area contributed by atoms with Crippen molar-refractivity contribution < 1.29 is 8.78 Å². The summed E-state index contributed by atoms with van der Waals surface area (Å²) >= 11 is 0. The Balaban J connectivity index is 1.26. The monoisotopic (exact) mass is 531 g/mol. The molecule has 39 heavy (non-hydrogen) atoms. The summed E-state index contributed by atoms with van der Waals surface area (Å²) in [5, 5.41) is 19.6. The van der Waals surface area contributed by atoms with Crippen LogP contribution in [0.25, 0.3) is 0 Å². The van der Waals surface area contributed by atoms with Gasteiger partial charge in [0, 0.05) is 69.2 Å². The quantitative estimate of drug-likeness (QED) is 0.289. The van der Waals surface area contributed by atoms with E-state index in [0.29, 0.717) is 12.5 Å². The summed E-state index contributed by atoms with van der Waals surface area (Å²) in [5.74, 6) is 5.73. The molecule has 3 heterocycles. The number of dihydropyridines is 1. The SMILES string of the molecule is CN1CCN(Cc2ccc(NCC3C=C(C#CC(=N)n4ccccc4=N)C(C(F)F)=NC3)cc2C2CC2)CC1. The Morgan fingerprint density at radius 2 is 1.95 bits per heavy atom. The molecule has 2 aromatic rings. The molecule has 1 saturated heterocycles. The maximum absolute atomic E-state index is 13.7. The van der Waals surface area contributed by atoms with E-state index in [1.165, 1.54) is 34.6 Å². The third-order valence-corrected chi connectivity index (χ3v) is 7.52. The third-order valence-electron chi connectivity index (χ3n) is 7.52. The van der Waals surface area contributed by atoms with Gasteiger partial charge in [0.15, 0.2) is 5.84 Å². The minimum absolute atomic E-state index is 0.0966. The van der Waals surface area contributed by atoms with Crippen LogP contribution in [-0.4, -0.2) is 78.7 Å². The van der Waals surface area contributed by atoms with Crippen molar-refractivity contribution in [2.24, 2.45) is 10.9 Å². The lowest BCUT2D eigenvalue weighted by Crippen LogP contribution is -2.44. The molecule has 1 atom stereocenters. The van der Waals surface area contributed by atoms with Crippen LogP contribution in [-0.2, 0) is 6.54 Å². The van der Waals surface area contributed by atoms with Crippen molar-refractivity contribution >= 4 is 17.2 Å². The molecule has 0 bridgehead atoms. The lowest BCUT2D eigenvalue weighted by atomic mass is 9.98. The summed E-state index contributed by atoms with van der Waals surface area (Å²) in [4.78, 5) is 9.05. The highest BCUT2D eigenvalue weighted by Crippen LogP contribution is 2.43. The fourth-order valence-corrected chi connectivity index (χ4v) is 5.03. The first-order valence-electron chi connectivity index (χ1n) is 13.5. The highest BCUT2D eigenvalue weighted by Gasteiger charge is 2.28. The van der Waals surface area contributed by atoms with Gasteiger partial charge in [0.25, 0.3) is 6.43 Å². The molecule has 2 aliphatic heterocycles. The van der Waals surface area contributed by atoms with E-state index in [9.17, 15) is 8.78 Å². The summed E-state index contributed by atoms with van der Waals surface area (Å²) in [6.45, 7) is 6.19. The fourth-order valence-electron chi connectivity index (χ4n) is 5.03. The van der Waals surface area contributed by atoms with Gasteiger partial charge in [0.1, 0.15) is 11.2 Å². The molecule has 1 aromatic carbocycles. The maximum atomic E-state index is 13.7. The molecule has 204 valence electrons. The number of alkyl halides is 2. The van der Waals surface area contributed by atoms with Crippen molar-refractivity contribution in [3.63, 3.8) is 0 Å². The number of likely N-dealkylation sites (N-methyl/N-ethyl adjacent to an activating group) is 1. The number of benzene rings is 1. The molecule has 2 fully saturated rings. The van der Waals surface area contributed by atoms with E-state index in [2.05, 4.69) is 57.2 Å². The number of anilines is 1. The Morgan fingerprint density at radius 3 is 2.67 bits per heavy atom. The van der Waals surface area contributed by atoms with Crippen LogP contribution in [0.1, 0.15) is 29.9 Å². The van der Waals surface area contributed by atoms with Crippen molar-refractivity contribution in [3.8, 4) is 11.8 Å². The van der Waals surface area contributed by atoms with Gasteiger partial charge in [-0.1, -0.05) is 24.1 Å². The Bertz CT molecular complexity index is 1390. The number of halogens is 2. The summed E-state index contributed by atoms with van der Waals surface area (Å²) < 4.78 is 28.6. The normalized spacial score (nSPS) is 20.2. The second-order valence-corrected chi connectivity index (χ2v) is 10.6. The minimum Gasteiger partial charge on any atom is -0.384 e. The average molecular weight is 532 g/mol. The molecule has 0 spiro atoms. The number of nitrogens with zero attached hydrogens (tertiary/aromatic N) is 4. The minimum atomic E-state index is -2.74. The molecule has 3 aliphatic rings. The van der Waals surface area contributed by atoms with E-state index in [4.69, 9.17) is 10.8 Å². The Morgan fingerprint density at radius 1 is 1.15 bits per heavy atom. The molecule has 9 heteroatoms. The largest absolute Gasteiger partial charge is 0.384 e. The number of aliphatic imine (C=N–C) groups is 1. The lowest BCUT2D eigenvalue weighted by molar-refractivity contribution is 0.148. The second kappa shape index (κ2) is 12.1. The molecule has 1 unspecified atom stereocenters. The topological polar surface area (TPSA) is 83.5 Å². The standard InChI is InChI=1S/C30H35F2N7/c1-37-12-14-38(15-13-37)20-24-7-9-25(17-26(24)22-5-6-22)35-18-21-16-23(29(30(31)32)36-19-21)8-10-28(34)39-11-3-2-4-27(39)33/h2-4,7,9,11,16-17,21-22,30,33-35H,5-6,12-15,18-20H2,1H3. The summed E-state index contributed by atoms with van der Waals surface area (Å²) in [6.07, 6.45) is 3.02. The van der Waals surface area contributed by atoms with Gasteiger partial charge in [0.05, 0.1) is 0 Å². The Kier molecular flexibility index (Phi) is 8.34. The van der Waals surface area contributed by atoms with Crippen molar-refractivity contribution in [3.05, 3.63) is 70.9 Å². The van der Waals surface area contributed by atoms with Crippen LogP contribution >= 0.6 is 0 Å². The highest BCUT2D eigenvalue weighted by molar-refractivity contribution is 6.08. The molecular weight excluding hydrogens is 496 g/mol. The molecule has 7 nitrogen and oxygen atoms in total. The second-order valence-electron chi connectivity index (χ2n) is 10.6. The number of nitrogens with one attached hydrogen (secondary N) is 3. The molecule has 1 aliphatic carbocycles. The van der Waals surface area contributed by atoms with E-state index in [-0.39, 0.29) is 35.1 Å². The zero-order valence-electron chi connectivity index (χ0n) is 22.3. The zero-order chi connectivity index (χ0) is 27.4. The number of pyridine rings is 1. The number of piperazine rings is 1. The average Bonchev–Trinajstić information content (AvgIpc) is 3.78. The van der Waals surface area contributed by atoms with Crippen molar-refractivity contribution in [1.29, 1.82) is 10.8 Å². The lowest BCUT2D eigenvalue weighted by Gasteiger charge is -2.33. The zero-order valence-corrected chi connectivity index (χ0v) is 22.3. The molecule has 5 rings (SSSR count). The van der Waals surface area contributed by atoms with E-state index < -0.39 is 6.43 Å². The van der Waals surface area contributed by atoms with E-state index >= 15 is 0 Å². The van der Waals surface area contributed by atoms with Gasteiger partial charge in [-0.15, -0.1) is 0 Å². The maximum Gasteiger partial charge on any atom is 0.281 e. The summed E-state index contributed by atoms with van der Waals surface area (Å²) in [7, 11) is 2.17. The molecule has 0 radical (unpaired) electrons. The van der Waals surface area contributed by atoms with Crippen LogP contribution < -0.4 is 10.8 Å². The van der Waals surface area contributed by atoms with Crippen molar-refractivity contribution in [2.45, 2.75) is 31.7 Å². The summed E-state index contributed by atoms with van der Waals surface area (Å²) in [5.41, 5.74) is 3.78. The van der Waals surface area contributed by atoms with Crippen LogP contribution in [0, 0.1) is 28.6 Å². The van der Waals surface area contributed by atoms with E-state index in [1.54, 1.807) is 24.4 Å². The first kappa shape index (κ1) is 27.0. The number of allylic oxidation sites excluding steroid dienone is 1. The van der Waals surface area contributed by atoms with E-state index in [1.807, 2.05) is 0 Å².